The van der Waals surface area contributed by atoms with Gasteiger partial charge in [-0.3, -0.25) is 0 Å². The first-order valence-corrected chi connectivity index (χ1v) is 6.41. The van der Waals surface area contributed by atoms with E-state index in [9.17, 15) is 0 Å². The van der Waals surface area contributed by atoms with Crippen LogP contribution >= 0.6 is 23.5 Å². The van der Waals surface area contributed by atoms with Crippen LogP contribution in [0.15, 0.2) is 38.8 Å². The molecule has 0 fully saturated rings. The highest BCUT2D eigenvalue weighted by Gasteiger charge is 2.07. The van der Waals surface area contributed by atoms with Crippen molar-refractivity contribution in [1.82, 2.24) is 10.2 Å². The number of benzene rings is 1. The second-order valence-electron chi connectivity index (χ2n) is 2.79. The number of thiocyanates is 1. The highest BCUT2D eigenvalue weighted by Crippen LogP contribution is 2.24. The summed E-state index contributed by atoms with van der Waals surface area (Å²) in [6, 6.07) is 7.42. The number of rotatable bonds is 3. The summed E-state index contributed by atoms with van der Waals surface area (Å²) in [4.78, 5) is 0.899. The second kappa shape index (κ2) is 5.05. The molecule has 1 aromatic heterocycles. The van der Waals surface area contributed by atoms with Crippen molar-refractivity contribution in [2.24, 2.45) is 0 Å². The summed E-state index contributed by atoms with van der Waals surface area (Å²) in [5, 5.41) is 18.9. The average Bonchev–Trinajstić information content (AvgIpc) is 2.79. The molecule has 0 aliphatic carbocycles. The van der Waals surface area contributed by atoms with Crippen LogP contribution in [0.4, 0.5) is 0 Å². The molecule has 0 saturated carbocycles. The van der Waals surface area contributed by atoms with Gasteiger partial charge in [0, 0.05) is 10.5 Å². The molecule has 0 unspecified atom stereocenters. The molecule has 0 radical (unpaired) electrons. The minimum atomic E-state index is 0.498. The van der Waals surface area contributed by atoms with Crippen LogP contribution in [0.2, 0.25) is 0 Å². The van der Waals surface area contributed by atoms with Crippen LogP contribution < -0.4 is 0 Å². The summed E-state index contributed by atoms with van der Waals surface area (Å²) in [5.74, 6) is 0.498. The normalized spacial score (nSPS) is 10.0. The SMILES string of the molecule is CSc1nnc(-c2ccc(SC#N)cc2)o1. The molecular formula is C10H7N3OS2. The van der Waals surface area contributed by atoms with E-state index in [0.29, 0.717) is 11.1 Å². The minimum Gasteiger partial charge on any atom is -0.411 e. The third kappa shape index (κ3) is 2.38. The summed E-state index contributed by atoms with van der Waals surface area (Å²) in [5.41, 5.74) is 0.857. The quantitative estimate of drug-likeness (QED) is 0.615. The van der Waals surface area contributed by atoms with Gasteiger partial charge >= 0.3 is 0 Å². The Morgan fingerprint density at radius 2 is 2.00 bits per heavy atom. The maximum Gasteiger partial charge on any atom is 0.276 e. The van der Waals surface area contributed by atoms with Gasteiger partial charge in [-0.05, 0) is 42.3 Å². The zero-order valence-electron chi connectivity index (χ0n) is 8.38. The van der Waals surface area contributed by atoms with E-state index in [0.717, 1.165) is 22.2 Å². The van der Waals surface area contributed by atoms with E-state index in [2.05, 4.69) is 10.2 Å². The molecule has 0 amide bonds. The topological polar surface area (TPSA) is 62.7 Å². The van der Waals surface area contributed by atoms with Crippen LogP contribution in [0, 0.1) is 10.7 Å². The molecular weight excluding hydrogens is 242 g/mol. The summed E-state index contributed by atoms with van der Waals surface area (Å²) in [6.45, 7) is 0. The molecule has 0 bridgehead atoms. The molecule has 80 valence electrons. The lowest BCUT2D eigenvalue weighted by Crippen LogP contribution is -1.77. The standard InChI is InChI=1S/C10H7N3OS2/c1-15-10-13-12-9(14-10)7-2-4-8(5-3-7)16-6-11/h2-5H,1H3. The van der Waals surface area contributed by atoms with Gasteiger partial charge in [0.15, 0.2) is 0 Å². The van der Waals surface area contributed by atoms with Crippen LogP contribution in [-0.4, -0.2) is 16.5 Å². The zero-order valence-corrected chi connectivity index (χ0v) is 10.0. The van der Waals surface area contributed by atoms with E-state index in [4.69, 9.17) is 9.68 Å². The van der Waals surface area contributed by atoms with E-state index in [-0.39, 0.29) is 0 Å². The molecule has 0 N–H and O–H groups in total. The van der Waals surface area contributed by atoms with Gasteiger partial charge in [0.2, 0.25) is 5.89 Å². The van der Waals surface area contributed by atoms with Crippen LogP contribution in [0.3, 0.4) is 0 Å². The number of hydrogen-bond acceptors (Lipinski definition) is 6. The first kappa shape index (κ1) is 11.0. The lowest BCUT2D eigenvalue weighted by Gasteiger charge is -1.95. The molecule has 4 nitrogen and oxygen atoms in total. The number of nitrogens with zero attached hydrogens (tertiary/aromatic N) is 3. The predicted octanol–water partition coefficient (Wildman–Crippen LogP) is 3.03. The Morgan fingerprint density at radius 1 is 1.25 bits per heavy atom. The molecule has 0 saturated heterocycles. The first-order chi connectivity index (χ1) is 7.83. The van der Waals surface area contributed by atoms with Crippen LogP contribution in [0.25, 0.3) is 11.5 Å². The van der Waals surface area contributed by atoms with Gasteiger partial charge in [0.1, 0.15) is 5.40 Å². The molecule has 0 aliphatic rings. The summed E-state index contributed by atoms with van der Waals surface area (Å²) < 4.78 is 5.39. The Kier molecular flexibility index (Phi) is 3.49. The molecule has 2 aromatic rings. The van der Waals surface area contributed by atoms with Crippen molar-refractivity contribution in [2.75, 3.05) is 6.26 Å². The van der Waals surface area contributed by atoms with Gasteiger partial charge in [-0.25, -0.2) is 0 Å². The molecule has 0 spiro atoms. The lowest BCUT2D eigenvalue weighted by molar-refractivity contribution is 0.466. The van der Waals surface area contributed by atoms with Crippen molar-refractivity contribution < 1.29 is 4.42 Å². The van der Waals surface area contributed by atoms with Crippen molar-refractivity contribution in [3.63, 3.8) is 0 Å². The highest BCUT2D eigenvalue weighted by molar-refractivity contribution is 8.03. The maximum absolute atomic E-state index is 8.51. The minimum absolute atomic E-state index is 0.498. The molecule has 0 aliphatic heterocycles. The van der Waals surface area contributed by atoms with Crippen LogP contribution in [0.1, 0.15) is 0 Å². The zero-order chi connectivity index (χ0) is 11.4. The van der Waals surface area contributed by atoms with Crippen molar-refractivity contribution in [1.29, 1.82) is 5.26 Å². The van der Waals surface area contributed by atoms with Gasteiger partial charge in [-0.1, -0.05) is 11.8 Å². The summed E-state index contributed by atoms with van der Waals surface area (Å²) in [6.07, 6.45) is 1.88. The fourth-order valence-electron chi connectivity index (χ4n) is 1.13. The van der Waals surface area contributed by atoms with Crippen molar-refractivity contribution in [3.05, 3.63) is 24.3 Å². The second-order valence-corrected chi connectivity index (χ2v) is 4.41. The first-order valence-electron chi connectivity index (χ1n) is 4.37. The molecule has 2 rings (SSSR count). The monoisotopic (exact) mass is 249 g/mol. The highest BCUT2D eigenvalue weighted by atomic mass is 32.2. The van der Waals surface area contributed by atoms with Gasteiger partial charge in [-0.15, -0.1) is 10.2 Å². The number of hydrogen-bond donors (Lipinski definition) is 0. The van der Waals surface area contributed by atoms with E-state index >= 15 is 0 Å². The number of thioether (sulfide) groups is 2. The van der Waals surface area contributed by atoms with Gasteiger partial charge in [0.05, 0.1) is 0 Å². The number of nitriles is 1. The van der Waals surface area contributed by atoms with E-state index in [1.807, 2.05) is 35.9 Å². The fourth-order valence-corrected chi connectivity index (χ4v) is 1.79. The summed E-state index contributed by atoms with van der Waals surface area (Å²) >= 11 is 2.53. The third-order valence-corrected chi connectivity index (χ3v) is 2.96. The smallest absolute Gasteiger partial charge is 0.276 e. The van der Waals surface area contributed by atoms with Crippen molar-refractivity contribution in [3.8, 4) is 16.9 Å². The Balaban J connectivity index is 2.24. The van der Waals surface area contributed by atoms with Gasteiger partial charge < -0.3 is 4.42 Å². The molecule has 1 aromatic carbocycles. The Bertz CT molecular complexity index is 516. The van der Waals surface area contributed by atoms with Crippen molar-refractivity contribution in [2.45, 2.75) is 10.1 Å². The average molecular weight is 249 g/mol. The lowest BCUT2D eigenvalue weighted by atomic mass is 10.2. The Labute approximate surface area is 101 Å². The Hall–Kier alpha value is -1.45. The van der Waals surface area contributed by atoms with E-state index in [1.165, 1.54) is 11.8 Å². The largest absolute Gasteiger partial charge is 0.411 e. The maximum atomic E-state index is 8.51. The van der Waals surface area contributed by atoms with Crippen LogP contribution in [-0.2, 0) is 0 Å². The van der Waals surface area contributed by atoms with Crippen molar-refractivity contribution >= 4 is 23.5 Å². The van der Waals surface area contributed by atoms with Gasteiger partial charge in [0.25, 0.3) is 5.22 Å². The summed E-state index contributed by atoms with van der Waals surface area (Å²) in [7, 11) is 0. The van der Waals surface area contributed by atoms with E-state index < -0.39 is 0 Å². The Morgan fingerprint density at radius 3 is 2.56 bits per heavy atom. The van der Waals surface area contributed by atoms with E-state index in [1.54, 1.807) is 0 Å². The van der Waals surface area contributed by atoms with Gasteiger partial charge in [-0.2, -0.15) is 5.26 Å². The molecule has 0 atom stereocenters. The molecule has 1 heterocycles. The predicted molar refractivity (Wildman–Crippen MR) is 63.0 cm³/mol. The fraction of sp³-hybridized carbons (Fsp3) is 0.100. The molecule has 6 heteroatoms. The molecule has 16 heavy (non-hydrogen) atoms. The number of aromatic nitrogens is 2. The van der Waals surface area contributed by atoms with Crippen LogP contribution in [0.5, 0.6) is 0 Å². The third-order valence-electron chi connectivity index (χ3n) is 1.85.